The molecule has 1 aliphatic heterocycles. The number of rotatable bonds is 4. The van der Waals surface area contributed by atoms with Crippen LogP contribution in [0, 0.1) is 0 Å². The molecule has 0 aliphatic carbocycles. The summed E-state index contributed by atoms with van der Waals surface area (Å²) in [6, 6.07) is 6.28. The van der Waals surface area contributed by atoms with Gasteiger partial charge in [-0.2, -0.15) is 0 Å². The molecule has 1 fully saturated rings. The number of hydrogen-bond acceptors (Lipinski definition) is 5. The van der Waals surface area contributed by atoms with Crippen LogP contribution < -0.4 is 10.5 Å². The number of methoxy groups -OCH3 is 1. The minimum Gasteiger partial charge on any atom is -0.496 e. The summed E-state index contributed by atoms with van der Waals surface area (Å²) >= 11 is 0. The van der Waals surface area contributed by atoms with Crippen molar-refractivity contribution in [2.45, 2.75) is 52.4 Å². The monoisotopic (exact) mass is 349 g/mol. The predicted molar refractivity (Wildman–Crippen MR) is 98.6 cm³/mol. The summed E-state index contributed by atoms with van der Waals surface area (Å²) in [6.07, 6.45) is -0.228. The molecule has 0 aromatic heterocycles. The fraction of sp³-hybridized carbons (Fsp3) is 0.632. The molecule has 0 saturated carbocycles. The Bertz CT molecular complexity index is 598. The van der Waals surface area contributed by atoms with E-state index >= 15 is 0 Å². The Morgan fingerprint density at radius 3 is 2.60 bits per heavy atom. The van der Waals surface area contributed by atoms with Gasteiger partial charge in [0.2, 0.25) is 0 Å². The maximum absolute atomic E-state index is 12.3. The van der Waals surface area contributed by atoms with Crippen molar-refractivity contribution in [2.75, 3.05) is 26.7 Å². The van der Waals surface area contributed by atoms with E-state index in [9.17, 15) is 4.79 Å². The van der Waals surface area contributed by atoms with Gasteiger partial charge in [-0.3, -0.25) is 4.90 Å². The molecule has 1 aliphatic rings. The van der Waals surface area contributed by atoms with Crippen LogP contribution in [0.1, 0.15) is 38.8 Å². The Kier molecular flexibility index (Phi) is 6.30. The van der Waals surface area contributed by atoms with Crippen molar-refractivity contribution >= 4 is 6.09 Å². The SMILES string of the molecule is COc1cc(CN2CCN(C(=O)OC(C)(C)C)[C@@H](C)C2)ccc1CN. The van der Waals surface area contributed by atoms with Gasteiger partial charge < -0.3 is 20.1 Å². The standard InChI is InChI=1S/C19H31N3O3/c1-14-12-21(8-9-22(14)18(23)25-19(2,3)4)13-15-6-7-16(11-20)17(10-15)24-5/h6-7,10,14H,8-9,11-13,20H2,1-5H3/t14-/m0/s1. The average Bonchev–Trinajstić information content (AvgIpc) is 2.53. The minimum absolute atomic E-state index is 0.119. The van der Waals surface area contributed by atoms with E-state index in [0.717, 1.165) is 30.9 Å². The molecular weight excluding hydrogens is 318 g/mol. The van der Waals surface area contributed by atoms with Crippen LogP contribution in [0.5, 0.6) is 5.75 Å². The Labute approximate surface area is 150 Å². The van der Waals surface area contributed by atoms with Gasteiger partial charge in [0.15, 0.2) is 0 Å². The van der Waals surface area contributed by atoms with Gasteiger partial charge in [-0.15, -0.1) is 0 Å². The molecule has 1 atom stereocenters. The number of ether oxygens (including phenoxy) is 2. The third-order valence-electron chi connectivity index (χ3n) is 4.32. The molecule has 0 radical (unpaired) electrons. The van der Waals surface area contributed by atoms with Crippen LogP contribution >= 0.6 is 0 Å². The van der Waals surface area contributed by atoms with Crippen LogP contribution in [0.3, 0.4) is 0 Å². The first-order chi connectivity index (χ1) is 11.7. The molecule has 2 N–H and O–H groups in total. The normalized spacial score (nSPS) is 19.0. The molecule has 1 amide bonds. The molecule has 0 bridgehead atoms. The van der Waals surface area contributed by atoms with Crippen molar-refractivity contribution in [3.63, 3.8) is 0 Å². The maximum Gasteiger partial charge on any atom is 0.410 e. The van der Waals surface area contributed by atoms with E-state index in [4.69, 9.17) is 15.2 Å². The number of carbonyl (C=O) groups is 1. The number of piperazine rings is 1. The highest BCUT2D eigenvalue weighted by Gasteiger charge is 2.30. The summed E-state index contributed by atoms with van der Waals surface area (Å²) in [5.74, 6) is 0.834. The molecule has 25 heavy (non-hydrogen) atoms. The molecule has 0 unspecified atom stereocenters. The van der Waals surface area contributed by atoms with Gasteiger partial charge in [-0.05, 0) is 39.3 Å². The van der Waals surface area contributed by atoms with E-state index in [1.54, 1.807) is 7.11 Å². The van der Waals surface area contributed by atoms with Gasteiger partial charge >= 0.3 is 6.09 Å². The quantitative estimate of drug-likeness (QED) is 0.905. The summed E-state index contributed by atoms with van der Waals surface area (Å²) < 4.78 is 10.9. The molecule has 140 valence electrons. The minimum atomic E-state index is -0.463. The van der Waals surface area contributed by atoms with Crippen LogP contribution in [-0.4, -0.2) is 54.3 Å². The van der Waals surface area contributed by atoms with Gasteiger partial charge in [-0.1, -0.05) is 12.1 Å². The first-order valence-electron chi connectivity index (χ1n) is 8.81. The van der Waals surface area contributed by atoms with Gasteiger partial charge in [0.25, 0.3) is 0 Å². The Hall–Kier alpha value is -1.79. The zero-order chi connectivity index (χ0) is 18.6. The lowest BCUT2D eigenvalue weighted by Crippen LogP contribution is -2.54. The first kappa shape index (κ1) is 19.5. The van der Waals surface area contributed by atoms with E-state index in [-0.39, 0.29) is 12.1 Å². The van der Waals surface area contributed by atoms with Gasteiger partial charge in [-0.25, -0.2) is 4.79 Å². The third-order valence-corrected chi connectivity index (χ3v) is 4.32. The summed E-state index contributed by atoms with van der Waals surface area (Å²) in [7, 11) is 1.67. The van der Waals surface area contributed by atoms with E-state index in [0.29, 0.717) is 13.1 Å². The second-order valence-corrected chi connectivity index (χ2v) is 7.61. The first-order valence-corrected chi connectivity index (χ1v) is 8.81. The van der Waals surface area contributed by atoms with Crippen LogP contribution in [-0.2, 0) is 17.8 Å². The highest BCUT2D eigenvalue weighted by atomic mass is 16.6. The van der Waals surface area contributed by atoms with Crippen LogP contribution in [0.15, 0.2) is 18.2 Å². The number of hydrogen-bond donors (Lipinski definition) is 1. The lowest BCUT2D eigenvalue weighted by atomic mass is 10.1. The summed E-state index contributed by atoms with van der Waals surface area (Å²) in [5, 5.41) is 0. The average molecular weight is 349 g/mol. The molecule has 1 heterocycles. The fourth-order valence-corrected chi connectivity index (χ4v) is 3.08. The van der Waals surface area contributed by atoms with Gasteiger partial charge in [0.1, 0.15) is 11.4 Å². The highest BCUT2D eigenvalue weighted by Crippen LogP contribution is 2.22. The van der Waals surface area contributed by atoms with Crippen molar-refractivity contribution in [1.82, 2.24) is 9.80 Å². The van der Waals surface area contributed by atoms with Crippen molar-refractivity contribution < 1.29 is 14.3 Å². The topological polar surface area (TPSA) is 68.0 Å². The van der Waals surface area contributed by atoms with Crippen LogP contribution in [0.2, 0.25) is 0 Å². The molecule has 1 aromatic carbocycles. The number of carbonyl (C=O) groups excluding carboxylic acids is 1. The Morgan fingerprint density at radius 2 is 2.04 bits per heavy atom. The summed E-state index contributed by atoms with van der Waals surface area (Å²) in [6.45, 7) is 11.4. The Balaban J connectivity index is 1.96. The second kappa shape index (κ2) is 8.06. The van der Waals surface area contributed by atoms with Gasteiger partial charge in [0.05, 0.1) is 7.11 Å². The van der Waals surface area contributed by atoms with E-state index in [1.165, 1.54) is 5.56 Å². The van der Waals surface area contributed by atoms with Crippen molar-refractivity contribution in [3.8, 4) is 5.75 Å². The predicted octanol–water partition coefficient (Wildman–Crippen LogP) is 2.60. The molecule has 1 saturated heterocycles. The van der Waals surface area contributed by atoms with E-state index in [2.05, 4.69) is 17.9 Å². The molecule has 0 spiro atoms. The largest absolute Gasteiger partial charge is 0.496 e. The van der Waals surface area contributed by atoms with Crippen molar-refractivity contribution in [2.24, 2.45) is 5.73 Å². The summed E-state index contributed by atoms with van der Waals surface area (Å²) in [5.41, 5.74) is 7.46. The number of amides is 1. The van der Waals surface area contributed by atoms with Crippen molar-refractivity contribution in [3.05, 3.63) is 29.3 Å². The molecule has 6 heteroatoms. The third kappa shape index (κ3) is 5.34. The maximum atomic E-state index is 12.3. The smallest absolute Gasteiger partial charge is 0.410 e. The molecule has 6 nitrogen and oxygen atoms in total. The van der Waals surface area contributed by atoms with Crippen LogP contribution in [0.4, 0.5) is 4.79 Å². The number of benzene rings is 1. The van der Waals surface area contributed by atoms with Crippen molar-refractivity contribution in [1.29, 1.82) is 0 Å². The van der Waals surface area contributed by atoms with Gasteiger partial charge in [0, 0.05) is 44.3 Å². The zero-order valence-electron chi connectivity index (χ0n) is 16.0. The molecule has 2 rings (SSSR count). The number of nitrogens with zero attached hydrogens (tertiary/aromatic N) is 2. The number of nitrogens with two attached hydrogens (primary N) is 1. The van der Waals surface area contributed by atoms with E-state index in [1.807, 2.05) is 37.8 Å². The van der Waals surface area contributed by atoms with Crippen LogP contribution in [0.25, 0.3) is 0 Å². The summed E-state index contributed by atoms with van der Waals surface area (Å²) in [4.78, 5) is 16.5. The lowest BCUT2D eigenvalue weighted by molar-refractivity contribution is 0.000560. The lowest BCUT2D eigenvalue weighted by Gasteiger charge is -2.40. The Morgan fingerprint density at radius 1 is 1.32 bits per heavy atom. The van der Waals surface area contributed by atoms with E-state index < -0.39 is 5.60 Å². The zero-order valence-corrected chi connectivity index (χ0v) is 16.0. The highest BCUT2D eigenvalue weighted by molar-refractivity contribution is 5.68. The molecular formula is C19H31N3O3. The molecule has 1 aromatic rings. The second-order valence-electron chi connectivity index (χ2n) is 7.61. The fourth-order valence-electron chi connectivity index (χ4n) is 3.08.